The molecule has 0 aromatic heterocycles. The van der Waals surface area contributed by atoms with Crippen LogP contribution in [0.3, 0.4) is 0 Å². The van der Waals surface area contributed by atoms with Crippen LogP contribution < -0.4 is 10.6 Å². The maximum Gasteiger partial charge on any atom is 0.147 e. The Hall–Kier alpha value is -2.31. The summed E-state index contributed by atoms with van der Waals surface area (Å²) in [7, 11) is 0. The van der Waals surface area contributed by atoms with E-state index in [0.717, 1.165) is 18.5 Å². The van der Waals surface area contributed by atoms with Crippen molar-refractivity contribution in [2.45, 2.75) is 12.0 Å². The fourth-order valence-corrected chi connectivity index (χ4v) is 2.80. The fraction of sp³-hybridized carbons (Fsp3) is 0.235. The van der Waals surface area contributed by atoms with Gasteiger partial charge in [-0.25, -0.2) is 0 Å². The first-order valence-corrected chi connectivity index (χ1v) is 6.81. The number of benzene rings is 2. The van der Waals surface area contributed by atoms with Gasteiger partial charge in [0.2, 0.25) is 0 Å². The topological polar surface area (TPSA) is 53.1 Å². The highest BCUT2D eigenvalue weighted by Gasteiger charge is 2.32. The number of hydrogen-bond acceptors (Lipinski definition) is 3. The van der Waals surface area contributed by atoms with E-state index in [1.807, 2.05) is 36.4 Å². The molecule has 0 saturated heterocycles. The number of anilines is 1. The number of hydrogen-bond donors (Lipinski definition) is 1. The SMILES string of the molecule is N#CC(N)(CN1CCc2ccccc21)c1ccccc1. The molecule has 0 fully saturated rings. The van der Waals surface area contributed by atoms with Crippen molar-refractivity contribution in [2.24, 2.45) is 5.73 Å². The number of nitrogens with two attached hydrogens (primary N) is 1. The third-order valence-electron chi connectivity index (χ3n) is 3.91. The lowest BCUT2D eigenvalue weighted by atomic mass is 9.92. The molecule has 0 radical (unpaired) electrons. The predicted octanol–water partition coefficient (Wildman–Crippen LogP) is 2.43. The van der Waals surface area contributed by atoms with Crippen molar-refractivity contribution in [3.8, 4) is 6.07 Å². The van der Waals surface area contributed by atoms with Gasteiger partial charge < -0.3 is 10.6 Å². The minimum absolute atomic E-state index is 0.518. The first-order valence-electron chi connectivity index (χ1n) is 6.81. The van der Waals surface area contributed by atoms with Crippen molar-refractivity contribution in [3.63, 3.8) is 0 Å². The maximum absolute atomic E-state index is 9.55. The molecule has 1 unspecified atom stereocenters. The van der Waals surface area contributed by atoms with Gasteiger partial charge in [-0.15, -0.1) is 0 Å². The highest BCUT2D eigenvalue weighted by atomic mass is 15.2. The normalized spacial score (nSPS) is 16.3. The predicted molar refractivity (Wildman–Crippen MR) is 80.3 cm³/mol. The van der Waals surface area contributed by atoms with Crippen LogP contribution in [-0.4, -0.2) is 13.1 Å². The highest BCUT2D eigenvalue weighted by Crippen LogP contribution is 2.30. The van der Waals surface area contributed by atoms with E-state index >= 15 is 0 Å². The summed E-state index contributed by atoms with van der Waals surface area (Å²) in [4.78, 5) is 2.21. The van der Waals surface area contributed by atoms with E-state index in [0.29, 0.717) is 6.54 Å². The molecule has 2 N–H and O–H groups in total. The molecule has 1 heterocycles. The number of rotatable bonds is 3. The molecule has 3 nitrogen and oxygen atoms in total. The van der Waals surface area contributed by atoms with Gasteiger partial charge in [-0.3, -0.25) is 0 Å². The Balaban J connectivity index is 1.89. The van der Waals surface area contributed by atoms with Crippen molar-refractivity contribution in [3.05, 3.63) is 65.7 Å². The molecule has 100 valence electrons. The van der Waals surface area contributed by atoms with Gasteiger partial charge in [0.15, 0.2) is 0 Å². The number of nitriles is 1. The van der Waals surface area contributed by atoms with Gasteiger partial charge >= 0.3 is 0 Å². The summed E-state index contributed by atoms with van der Waals surface area (Å²) in [5, 5.41) is 9.55. The van der Waals surface area contributed by atoms with Crippen molar-refractivity contribution in [2.75, 3.05) is 18.0 Å². The average Bonchev–Trinajstić information content (AvgIpc) is 2.91. The number of nitrogens with zero attached hydrogens (tertiary/aromatic N) is 2. The second-order valence-corrected chi connectivity index (χ2v) is 5.25. The summed E-state index contributed by atoms with van der Waals surface area (Å²) in [5.41, 5.74) is 8.78. The molecule has 20 heavy (non-hydrogen) atoms. The monoisotopic (exact) mass is 263 g/mol. The van der Waals surface area contributed by atoms with E-state index in [9.17, 15) is 5.26 Å². The molecule has 0 amide bonds. The molecule has 1 aliphatic heterocycles. The lowest BCUT2D eigenvalue weighted by Crippen LogP contribution is -2.46. The Morgan fingerprint density at radius 3 is 2.55 bits per heavy atom. The van der Waals surface area contributed by atoms with E-state index in [2.05, 4.69) is 29.2 Å². The number of fused-ring (bicyclic) bond motifs is 1. The zero-order valence-electron chi connectivity index (χ0n) is 11.3. The Morgan fingerprint density at radius 1 is 1.10 bits per heavy atom. The fourth-order valence-electron chi connectivity index (χ4n) is 2.80. The van der Waals surface area contributed by atoms with Crippen LogP contribution in [0.4, 0.5) is 5.69 Å². The Labute approximate surface area is 119 Å². The van der Waals surface area contributed by atoms with Crippen LogP contribution in [0.1, 0.15) is 11.1 Å². The second-order valence-electron chi connectivity index (χ2n) is 5.25. The summed E-state index contributed by atoms with van der Waals surface area (Å²) in [6, 6.07) is 20.2. The third kappa shape index (κ3) is 2.15. The van der Waals surface area contributed by atoms with Gasteiger partial charge in [0, 0.05) is 12.2 Å². The Bertz CT molecular complexity index is 645. The molecule has 1 atom stereocenters. The summed E-state index contributed by atoms with van der Waals surface area (Å²) in [6.07, 6.45) is 1.02. The van der Waals surface area contributed by atoms with E-state index in [1.54, 1.807) is 0 Å². The molecular weight excluding hydrogens is 246 g/mol. The molecule has 2 aromatic rings. The van der Waals surface area contributed by atoms with Crippen LogP contribution in [0.25, 0.3) is 0 Å². The summed E-state index contributed by atoms with van der Waals surface area (Å²) in [5.74, 6) is 0. The lowest BCUT2D eigenvalue weighted by Gasteiger charge is -2.29. The molecule has 2 aromatic carbocycles. The minimum atomic E-state index is -0.974. The lowest BCUT2D eigenvalue weighted by molar-refractivity contribution is 0.560. The van der Waals surface area contributed by atoms with E-state index < -0.39 is 5.54 Å². The second kappa shape index (κ2) is 4.99. The molecular formula is C17H17N3. The number of para-hydroxylation sites is 1. The van der Waals surface area contributed by atoms with Crippen molar-refractivity contribution in [1.29, 1.82) is 5.26 Å². The van der Waals surface area contributed by atoms with Crippen molar-refractivity contribution >= 4 is 5.69 Å². The van der Waals surface area contributed by atoms with Crippen molar-refractivity contribution in [1.82, 2.24) is 0 Å². The van der Waals surface area contributed by atoms with Gasteiger partial charge in [-0.2, -0.15) is 5.26 Å². The summed E-state index contributed by atoms with van der Waals surface area (Å²) < 4.78 is 0. The highest BCUT2D eigenvalue weighted by molar-refractivity contribution is 5.58. The smallest absolute Gasteiger partial charge is 0.147 e. The zero-order valence-corrected chi connectivity index (χ0v) is 11.3. The molecule has 1 aliphatic rings. The molecule has 3 heteroatoms. The first kappa shape index (κ1) is 12.7. The van der Waals surface area contributed by atoms with Crippen LogP contribution >= 0.6 is 0 Å². The van der Waals surface area contributed by atoms with Gasteiger partial charge in [0.05, 0.1) is 12.6 Å². The Kier molecular flexibility index (Phi) is 3.17. The van der Waals surface area contributed by atoms with Gasteiger partial charge in [0.25, 0.3) is 0 Å². The van der Waals surface area contributed by atoms with Crippen LogP contribution in [0, 0.1) is 11.3 Å². The molecule has 0 spiro atoms. The van der Waals surface area contributed by atoms with E-state index in [1.165, 1.54) is 11.3 Å². The molecule has 0 aliphatic carbocycles. The van der Waals surface area contributed by atoms with Gasteiger partial charge in [0.1, 0.15) is 5.54 Å². The summed E-state index contributed by atoms with van der Waals surface area (Å²) >= 11 is 0. The molecule has 0 saturated carbocycles. The standard InChI is InChI=1S/C17H17N3/c18-12-17(19,15-7-2-1-3-8-15)13-20-11-10-14-6-4-5-9-16(14)20/h1-9H,10-11,13,19H2. The quantitative estimate of drug-likeness (QED) is 0.925. The van der Waals surface area contributed by atoms with E-state index in [-0.39, 0.29) is 0 Å². The van der Waals surface area contributed by atoms with Crippen LogP contribution in [-0.2, 0) is 12.0 Å². The van der Waals surface area contributed by atoms with Gasteiger partial charge in [-0.05, 0) is 23.6 Å². The maximum atomic E-state index is 9.55. The Morgan fingerprint density at radius 2 is 1.80 bits per heavy atom. The van der Waals surface area contributed by atoms with Gasteiger partial charge in [-0.1, -0.05) is 48.5 Å². The average molecular weight is 263 g/mol. The zero-order chi connectivity index (χ0) is 14.0. The van der Waals surface area contributed by atoms with Crippen LogP contribution in [0.15, 0.2) is 54.6 Å². The van der Waals surface area contributed by atoms with E-state index in [4.69, 9.17) is 5.73 Å². The molecule has 0 bridgehead atoms. The molecule has 3 rings (SSSR count). The largest absolute Gasteiger partial charge is 0.368 e. The first-order chi connectivity index (χ1) is 9.73. The minimum Gasteiger partial charge on any atom is -0.368 e. The summed E-state index contributed by atoms with van der Waals surface area (Å²) in [6.45, 7) is 1.44. The third-order valence-corrected chi connectivity index (χ3v) is 3.91. The van der Waals surface area contributed by atoms with Crippen LogP contribution in [0.5, 0.6) is 0 Å². The van der Waals surface area contributed by atoms with Crippen LogP contribution in [0.2, 0.25) is 0 Å². The van der Waals surface area contributed by atoms with Crippen molar-refractivity contribution < 1.29 is 0 Å².